The predicted molar refractivity (Wildman–Crippen MR) is 210 cm³/mol. The van der Waals surface area contributed by atoms with Gasteiger partial charge >= 0.3 is 0 Å². The summed E-state index contributed by atoms with van der Waals surface area (Å²) in [7, 11) is 0. The van der Waals surface area contributed by atoms with Crippen molar-refractivity contribution in [2.24, 2.45) is 0 Å². The monoisotopic (exact) mass is 638 g/mol. The molecular weight excluding hydrogens is 609 g/mol. The summed E-state index contributed by atoms with van der Waals surface area (Å²) in [6.45, 7) is 0. The minimum Gasteiger partial charge on any atom is -0.456 e. The Bertz CT molecular complexity index is 2850. The van der Waals surface area contributed by atoms with Crippen molar-refractivity contribution in [3.05, 3.63) is 182 Å². The average Bonchev–Trinajstić information content (AvgIpc) is 3.56. The molecule has 0 unspecified atom stereocenters. The van der Waals surface area contributed by atoms with E-state index in [9.17, 15) is 0 Å². The van der Waals surface area contributed by atoms with E-state index in [1.165, 1.54) is 54.6 Å². The molecule has 0 atom stereocenters. The number of hydrogen-bond acceptors (Lipinski definition) is 3. The minimum atomic E-state index is 0.839. The fourth-order valence-corrected chi connectivity index (χ4v) is 7.44. The Morgan fingerprint density at radius 1 is 0.380 bits per heavy atom. The number of aromatic nitrogens is 1. The Morgan fingerprint density at radius 3 is 1.74 bits per heavy atom. The van der Waals surface area contributed by atoms with Crippen LogP contribution in [0.5, 0.6) is 0 Å². The van der Waals surface area contributed by atoms with Gasteiger partial charge in [0.2, 0.25) is 0 Å². The lowest BCUT2D eigenvalue weighted by molar-refractivity contribution is 0.668. The zero-order valence-electron chi connectivity index (χ0n) is 27.1. The smallest absolute Gasteiger partial charge is 0.138 e. The van der Waals surface area contributed by atoms with Crippen LogP contribution in [0.1, 0.15) is 0 Å². The van der Waals surface area contributed by atoms with Crippen molar-refractivity contribution in [1.82, 2.24) is 4.98 Å². The number of benzene rings is 8. The Morgan fingerprint density at radius 2 is 0.960 bits per heavy atom. The SMILES string of the molecule is c1ccc(-c2ccc(N(c3ccc(-c4ccc5ccc6ccc7ccccc7c6c5c4)cc3)c3ccc4oc5ccncc5c4c3)cc2)cc1. The normalized spacial score (nSPS) is 11.6. The van der Waals surface area contributed by atoms with Crippen LogP contribution in [-0.2, 0) is 0 Å². The molecule has 0 N–H and O–H groups in total. The number of anilines is 3. The molecule has 0 amide bonds. The van der Waals surface area contributed by atoms with Crippen molar-refractivity contribution in [2.75, 3.05) is 4.90 Å². The molecule has 8 aromatic carbocycles. The molecule has 3 nitrogen and oxygen atoms in total. The van der Waals surface area contributed by atoms with Crippen molar-refractivity contribution in [3.63, 3.8) is 0 Å². The lowest BCUT2D eigenvalue weighted by atomic mass is 9.94. The third-order valence-corrected chi connectivity index (χ3v) is 9.93. The highest BCUT2D eigenvalue weighted by Crippen LogP contribution is 2.40. The van der Waals surface area contributed by atoms with Crippen LogP contribution in [0.15, 0.2) is 187 Å². The number of pyridine rings is 1. The highest BCUT2D eigenvalue weighted by molar-refractivity contribution is 6.20. The predicted octanol–water partition coefficient (Wildman–Crippen LogP) is 13.2. The second kappa shape index (κ2) is 11.5. The highest BCUT2D eigenvalue weighted by atomic mass is 16.3. The standard InChI is InChI=1S/C47H30N2O/c1-2-6-31(7-3-1)32-16-20-38(21-17-32)49(40-24-25-45-43(29-40)44-30-48-27-26-46(44)50-45)39-22-18-33(19-23-39)37-15-12-35-11-14-36-13-10-34-8-4-5-9-41(34)47(36)42(35)28-37/h1-30H. The van der Waals surface area contributed by atoms with Crippen molar-refractivity contribution in [1.29, 1.82) is 0 Å². The molecule has 10 aromatic rings. The summed E-state index contributed by atoms with van der Waals surface area (Å²) in [6, 6.07) is 61.0. The molecule has 0 saturated heterocycles. The molecule has 50 heavy (non-hydrogen) atoms. The molecule has 0 aliphatic rings. The lowest BCUT2D eigenvalue weighted by Gasteiger charge is -2.26. The van der Waals surface area contributed by atoms with E-state index in [2.05, 4.69) is 174 Å². The summed E-state index contributed by atoms with van der Waals surface area (Å²) in [4.78, 5) is 6.69. The largest absolute Gasteiger partial charge is 0.456 e. The zero-order valence-corrected chi connectivity index (χ0v) is 27.1. The van der Waals surface area contributed by atoms with Gasteiger partial charge in [0.25, 0.3) is 0 Å². The van der Waals surface area contributed by atoms with Gasteiger partial charge < -0.3 is 9.32 Å². The first kappa shape index (κ1) is 28.3. The molecule has 10 rings (SSSR count). The third-order valence-electron chi connectivity index (χ3n) is 9.93. The summed E-state index contributed by atoms with van der Waals surface area (Å²) in [6.07, 6.45) is 3.66. The molecule has 2 aromatic heterocycles. The summed E-state index contributed by atoms with van der Waals surface area (Å²) in [5.41, 5.74) is 9.64. The van der Waals surface area contributed by atoms with Gasteiger partial charge in [-0.25, -0.2) is 0 Å². The van der Waals surface area contributed by atoms with Gasteiger partial charge in [0.15, 0.2) is 0 Å². The van der Waals surface area contributed by atoms with Gasteiger partial charge in [-0.15, -0.1) is 0 Å². The van der Waals surface area contributed by atoms with Crippen LogP contribution in [-0.4, -0.2) is 4.98 Å². The van der Waals surface area contributed by atoms with Gasteiger partial charge in [0, 0.05) is 40.2 Å². The van der Waals surface area contributed by atoms with Gasteiger partial charge in [0.05, 0.1) is 0 Å². The molecule has 0 saturated carbocycles. The molecule has 0 aliphatic carbocycles. The third kappa shape index (κ3) is 4.71. The molecule has 0 fully saturated rings. The van der Waals surface area contributed by atoms with Crippen LogP contribution >= 0.6 is 0 Å². The van der Waals surface area contributed by atoms with Crippen molar-refractivity contribution >= 4 is 71.3 Å². The van der Waals surface area contributed by atoms with Crippen LogP contribution in [0.3, 0.4) is 0 Å². The van der Waals surface area contributed by atoms with Crippen LogP contribution in [0.4, 0.5) is 17.1 Å². The van der Waals surface area contributed by atoms with Gasteiger partial charge in [-0.3, -0.25) is 4.98 Å². The molecule has 234 valence electrons. The maximum atomic E-state index is 6.15. The van der Waals surface area contributed by atoms with Crippen LogP contribution in [0.25, 0.3) is 76.5 Å². The molecular formula is C47H30N2O. The Kier molecular flexibility index (Phi) is 6.49. The maximum absolute atomic E-state index is 6.15. The van der Waals surface area contributed by atoms with Crippen molar-refractivity contribution in [2.45, 2.75) is 0 Å². The van der Waals surface area contributed by atoms with Gasteiger partial charge in [-0.2, -0.15) is 0 Å². The van der Waals surface area contributed by atoms with Gasteiger partial charge in [0.1, 0.15) is 11.2 Å². The first-order valence-electron chi connectivity index (χ1n) is 16.9. The maximum Gasteiger partial charge on any atom is 0.138 e. The second-order valence-corrected chi connectivity index (χ2v) is 12.8. The molecule has 0 aliphatic heterocycles. The van der Waals surface area contributed by atoms with E-state index in [0.29, 0.717) is 0 Å². The lowest BCUT2D eigenvalue weighted by Crippen LogP contribution is -2.09. The van der Waals surface area contributed by atoms with Crippen LogP contribution in [0, 0.1) is 0 Å². The highest BCUT2D eigenvalue weighted by Gasteiger charge is 2.16. The topological polar surface area (TPSA) is 29.3 Å². The van der Waals surface area contributed by atoms with E-state index >= 15 is 0 Å². The average molecular weight is 639 g/mol. The van der Waals surface area contributed by atoms with E-state index < -0.39 is 0 Å². The van der Waals surface area contributed by atoms with E-state index in [-0.39, 0.29) is 0 Å². The molecule has 0 spiro atoms. The fraction of sp³-hybridized carbons (Fsp3) is 0. The molecule has 0 bridgehead atoms. The Balaban J connectivity index is 1.09. The summed E-state index contributed by atoms with van der Waals surface area (Å²) >= 11 is 0. The van der Waals surface area contributed by atoms with Crippen LogP contribution in [0.2, 0.25) is 0 Å². The second-order valence-electron chi connectivity index (χ2n) is 12.8. The summed E-state index contributed by atoms with van der Waals surface area (Å²) in [5.74, 6) is 0. The number of hydrogen-bond donors (Lipinski definition) is 0. The number of furan rings is 1. The van der Waals surface area contributed by atoms with E-state index in [1.54, 1.807) is 6.20 Å². The summed E-state index contributed by atoms with van der Waals surface area (Å²) in [5, 5.41) is 9.69. The number of nitrogens with zero attached hydrogens (tertiary/aromatic N) is 2. The van der Waals surface area contributed by atoms with Crippen molar-refractivity contribution in [3.8, 4) is 22.3 Å². The quantitative estimate of drug-likeness (QED) is 0.176. The first-order valence-corrected chi connectivity index (χ1v) is 16.9. The zero-order chi connectivity index (χ0) is 33.0. The van der Waals surface area contributed by atoms with Gasteiger partial charge in [-0.1, -0.05) is 115 Å². The Labute approximate surface area is 289 Å². The number of fused-ring (bicyclic) bond motifs is 8. The first-order chi connectivity index (χ1) is 24.8. The minimum absolute atomic E-state index is 0.839. The molecule has 2 heterocycles. The van der Waals surface area contributed by atoms with E-state index in [1.807, 2.05) is 12.3 Å². The Hall–Kier alpha value is -6.71. The van der Waals surface area contributed by atoms with Crippen LogP contribution < -0.4 is 4.90 Å². The van der Waals surface area contributed by atoms with Gasteiger partial charge in [-0.05, 0) is 109 Å². The number of rotatable bonds is 5. The van der Waals surface area contributed by atoms with E-state index in [0.717, 1.165) is 39.0 Å². The fourth-order valence-electron chi connectivity index (χ4n) is 7.44. The summed E-state index contributed by atoms with van der Waals surface area (Å²) < 4.78 is 6.15. The van der Waals surface area contributed by atoms with E-state index in [4.69, 9.17) is 4.42 Å². The molecule has 3 heteroatoms. The van der Waals surface area contributed by atoms with Crippen molar-refractivity contribution < 1.29 is 4.42 Å². The molecule has 0 radical (unpaired) electrons.